The molecule has 1 heterocycles. The van der Waals surface area contributed by atoms with Crippen LogP contribution in [0.5, 0.6) is 0 Å². The van der Waals surface area contributed by atoms with Gasteiger partial charge < -0.3 is 19.1 Å². The molecule has 0 aromatic rings. The minimum Gasteiger partial charge on any atom is -0.466 e. The lowest BCUT2D eigenvalue weighted by Gasteiger charge is -2.19. The summed E-state index contributed by atoms with van der Waals surface area (Å²) in [6, 6.07) is 0. The van der Waals surface area contributed by atoms with Crippen molar-refractivity contribution >= 4 is 17.9 Å². The molecule has 0 spiro atoms. The van der Waals surface area contributed by atoms with Crippen LogP contribution in [-0.2, 0) is 28.6 Å². The van der Waals surface area contributed by atoms with E-state index < -0.39 is 0 Å². The Labute approximate surface area is 340 Å². The zero-order valence-corrected chi connectivity index (χ0v) is 37.0. The van der Waals surface area contributed by atoms with Crippen LogP contribution in [0.2, 0.25) is 0 Å². The molecule has 0 amide bonds. The molecule has 1 aliphatic rings. The fraction of sp³-hybridized carbons (Fsp3) is 0.938. The monoisotopic (exact) mass is 778 g/mol. The molecule has 2 atom stereocenters. The van der Waals surface area contributed by atoms with Gasteiger partial charge in [0.1, 0.15) is 6.10 Å². The van der Waals surface area contributed by atoms with E-state index in [2.05, 4.69) is 32.7 Å². The number of rotatable bonds is 12. The Morgan fingerprint density at radius 2 is 0.964 bits per heavy atom. The topological polar surface area (TPSA) is 82.1 Å². The van der Waals surface area contributed by atoms with Crippen LogP contribution in [0.1, 0.15) is 239 Å². The maximum Gasteiger partial charge on any atom is 0.306 e. The van der Waals surface area contributed by atoms with E-state index in [0.29, 0.717) is 44.3 Å². The van der Waals surface area contributed by atoms with Crippen LogP contribution in [-0.4, -0.2) is 62.3 Å². The molecule has 0 bridgehead atoms. The summed E-state index contributed by atoms with van der Waals surface area (Å²) in [5, 5.41) is 0. The van der Waals surface area contributed by atoms with Gasteiger partial charge in [-0.2, -0.15) is 0 Å². The fourth-order valence-electron chi connectivity index (χ4n) is 8.10. The molecule has 0 radical (unpaired) electrons. The number of nitrogens with zero attached hydrogens (tertiary/aromatic N) is 1. The minimum absolute atomic E-state index is 0.0210. The SMILES string of the molecule is CCCCC1CCCCCCC(CCCC)CCOC(=O)CCCCCCCCCC(OC(=O)CCCN(C)CC)CCCCCCCCCC(=O)OCC1. The Balaban J connectivity index is 2.62. The van der Waals surface area contributed by atoms with Crippen LogP contribution in [0, 0.1) is 11.8 Å². The molecular weight excluding hydrogens is 687 g/mol. The first-order chi connectivity index (χ1) is 26.9. The molecule has 1 rings (SSSR count). The van der Waals surface area contributed by atoms with Gasteiger partial charge in [-0.05, 0) is 89.8 Å². The average molecular weight is 778 g/mol. The van der Waals surface area contributed by atoms with E-state index in [9.17, 15) is 14.4 Å². The highest BCUT2D eigenvalue weighted by Crippen LogP contribution is 2.24. The van der Waals surface area contributed by atoms with Crippen molar-refractivity contribution < 1.29 is 28.6 Å². The van der Waals surface area contributed by atoms with E-state index in [4.69, 9.17) is 14.2 Å². The fourth-order valence-corrected chi connectivity index (χ4v) is 8.10. The van der Waals surface area contributed by atoms with E-state index >= 15 is 0 Å². The normalized spacial score (nSPS) is 23.5. The molecule has 324 valence electrons. The molecule has 1 fully saturated rings. The number of ether oxygens (including phenoxy) is 3. The quantitative estimate of drug-likeness (QED) is 0.144. The standard InChI is InChI=1S/C48H91NO6/c1-5-8-29-43-31-22-20-21-23-32-44(30-9-6-2)39-42-54-47(51)36-27-19-15-11-13-17-25-34-45(55-48(52)37-28-40-49(4)7-3)33-24-16-12-10-14-18-26-35-46(50)53-41-38-43/h43-45H,5-42H2,1-4H3. The molecule has 0 aliphatic carbocycles. The summed E-state index contributed by atoms with van der Waals surface area (Å²) >= 11 is 0. The number of unbranched alkanes of at least 4 members (excludes halogenated alkanes) is 2. The molecule has 0 N–H and O–H groups in total. The largest absolute Gasteiger partial charge is 0.466 e. The van der Waals surface area contributed by atoms with Gasteiger partial charge in [-0.25, -0.2) is 0 Å². The maximum atomic E-state index is 12.7. The van der Waals surface area contributed by atoms with Gasteiger partial charge in [0.2, 0.25) is 0 Å². The zero-order chi connectivity index (χ0) is 40.0. The Hall–Kier alpha value is -1.63. The van der Waals surface area contributed by atoms with E-state index in [1.54, 1.807) is 0 Å². The lowest BCUT2D eigenvalue weighted by atomic mass is 9.90. The minimum atomic E-state index is -0.0382. The van der Waals surface area contributed by atoms with Gasteiger partial charge in [0.15, 0.2) is 0 Å². The predicted molar refractivity (Wildman–Crippen MR) is 230 cm³/mol. The van der Waals surface area contributed by atoms with Crippen LogP contribution in [0.3, 0.4) is 0 Å². The Kier molecular flexibility index (Phi) is 35.4. The molecule has 0 aromatic carbocycles. The zero-order valence-electron chi connectivity index (χ0n) is 37.0. The molecule has 7 heteroatoms. The number of carbonyl (C=O) groups is 3. The lowest BCUT2D eigenvalue weighted by Crippen LogP contribution is -2.22. The molecule has 55 heavy (non-hydrogen) atoms. The summed E-state index contributed by atoms with van der Waals surface area (Å²) in [7, 11) is 2.09. The summed E-state index contributed by atoms with van der Waals surface area (Å²) in [6.07, 6.45) is 37.1. The van der Waals surface area contributed by atoms with E-state index in [1.165, 1.54) is 128 Å². The van der Waals surface area contributed by atoms with Crippen molar-refractivity contribution in [2.75, 3.05) is 33.4 Å². The first-order valence-corrected chi connectivity index (χ1v) is 24.1. The molecule has 1 aliphatic heterocycles. The molecular formula is C48H91NO6. The third kappa shape index (κ3) is 33.1. The van der Waals surface area contributed by atoms with Crippen molar-refractivity contribution in [3.8, 4) is 0 Å². The Bertz CT molecular complexity index is 840. The molecule has 1 saturated heterocycles. The number of cyclic esters (lactones) is 2. The van der Waals surface area contributed by atoms with Gasteiger partial charge >= 0.3 is 17.9 Å². The van der Waals surface area contributed by atoms with Gasteiger partial charge in [0.25, 0.3) is 0 Å². The number of hydrogen-bond acceptors (Lipinski definition) is 7. The van der Waals surface area contributed by atoms with E-state index in [0.717, 1.165) is 83.7 Å². The summed E-state index contributed by atoms with van der Waals surface area (Å²) in [5.41, 5.74) is 0. The van der Waals surface area contributed by atoms with Crippen molar-refractivity contribution in [1.82, 2.24) is 4.90 Å². The first kappa shape index (κ1) is 51.4. The van der Waals surface area contributed by atoms with Gasteiger partial charge in [-0.1, -0.05) is 162 Å². The molecule has 7 nitrogen and oxygen atoms in total. The summed E-state index contributed by atoms with van der Waals surface area (Å²) in [6.45, 7) is 9.74. The molecule has 2 unspecified atom stereocenters. The lowest BCUT2D eigenvalue weighted by molar-refractivity contribution is -0.150. The van der Waals surface area contributed by atoms with Crippen LogP contribution in [0.25, 0.3) is 0 Å². The van der Waals surface area contributed by atoms with E-state index in [-0.39, 0.29) is 24.0 Å². The average Bonchev–Trinajstić information content (AvgIpc) is 3.17. The maximum absolute atomic E-state index is 12.7. The van der Waals surface area contributed by atoms with Gasteiger partial charge in [-0.3, -0.25) is 14.4 Å². The van der Waals surface area contributed by atoms with Crippen molar-refractivity contribution in [2.45, 2.75) is 245 Å². The second-order valence-corrected chi connectivity index (χ2v) is 17.2. The van der Waals surface area contributed by atoms with Crippen LogP contribution in [0.4, 0.5) is 0 Å². The highest BCUT2D eigenvalue weighted by Gasteiger charge is 2.16. The molecule has 0 saturated carbocycles. The van der Waals surface area contributed by atoms with Crippen molar-refractivity contribution in [3.63, 3.8) is 0 Å². The van der Waals surface area contributed by atoms with Gasteiger partial charge in [0.05, 0.1) is 13.2 Å². The first-order valence-electron chi connectivity index (χ1n) is 24.1. The van der Waals surface area contributed by atoms with Crippen LogP contribution < -0.4 is 0 Å². The van der Waals surface area contributed by atoms with Gasteiger partial charge in [0, 0.05) is 19.3 Å². The van der Waals surface area contributed by atoms with Crippen molar-refractivity contribution in [1.29, 1.82) is 0 Å². The number of hydrogen-bond donors (Lipinski definition) is 0. The van der Waals surface area contributed by atoms with Crippen molar-refractivity contribution in [3.05, 3.63) is 0 Å². The van der Waals surface area contributed by atoms with Crippen molar-refractivity contribution in [2.24, 2.45) is 11.8 Å². The summed E-state index contributed by atoms with van der Waals surface area (Å²) < 4.78 is 17.4. The Morgan fingerprint density at radius 1 is 0.564 bits per heavy atom. The third-order valence-electron chi connectivity index (χ3n) is 12.1. The smallest absolute Gasteiger partial charge is 0.306 e. The van der Waals surface area contributed by atoms with Crippen LogP contribution >= 0.6 is 0 Å². The predicted octanol–water partition coefficient (Wildman–Crippen LogP) is 13.5. The van der Waals surface area contributed by atoms with Crippen LogP contribution in [0.15, 0.2) is 0 Å². The van der Waals surface area contributed by atoms with Gasteiger partial charge in [-0.15, -0.1) is 0 Å². The van der Waals surface area contributed by atoms with E-state index in [1.807, 2.05) is 0 Å². The number of carbonyl (C=O) groups excluding carboxylic acids is 3. The summed E-state index contributed by atoms with van der Waals surface area (Å²) in [4.78, 5) is 39.9. The second-order valence-electron chi connectivity index (χ2n) is 17.2. The summed E-state index contributed by atoms with van der Waals surface area (Å²) in [5.74, 6) is 1.24. The highest BCUT2D eigenvalue weighted by atomic mass is 16.5. The highest BCUT2D eigenvalue weighted by molar-refractivity contribution is 5.70. The number of esters is 3. The Morgan fingerprint density at radius 3 is 1.38 bits per heavy atom. The second kappa shape index (κ2) is 37.9. The molecule has 0 aromatic heterocycles. The third-order valence-corrected chi connectivity index (χ3v) is 12.1.